The van der Waals surface area contributed by atoms with Crippen LogP contribution in [0.2, 0.25) is 0 Å². The van der Waals surface area contributed by atoms with Crippen molar-refractivity contribution in [2.45, 2.75) is 19.8 Å². The molecule has 10 heteroatoms. The lowest BCUT2D eigenvalue weighted by molar-refractivity contribution is -0.384. The predicted octanol–water partition coefficient (Wildman–Crippen LogP) is 2.29. The van der Waals surface area contributed by atoms with E-state index in [1.165, 1.54) is 18.2 Å². The molecule has 9 nitrogen and oxygen atoms in total. The lowest BCUT2D eigenvalue weighted by Gasteiger charge is -2.30. The van der Waals surface area contributed by atoms with Crippen LogP contribution in [-0.4, -0.2) is 34.9 Å². The van der Waals surface area contributed by atoms with Gasteiger partial charge >= 0.3 is 5.97 Å². The van der Waals surface area contributed by atoms with Gasteiger partial charge in [-0.05, 0) is 19.4 Å². The Hall–Kier alpha value is -3.19. The molecule has 146 valence electrons. The topological polar surface area (TPSA) is 149 Å². The molecule has 2 atom stereocenters. The van der Waals surface area contributed by atoms with Gasteiger partial charge in [-0.1, -0.05) is 23.9 Å². The lowest BCUT2D eigenvalue weighted by Crippen LogP contribution is -2.34. The van der Waals surface area contributed by atoms with E-state index in [0.29, 0.717) is 11.3 Å². The first kappa shape index (κ1) is 21.1. The van der Waals surface area contributed by atoms with Crippen molar-refractivity contribution < 1.29 is 19.2 Å². The molecule has 1 aromatic carbocycles. The quantitative estimate of drug-likeness (QED) is 0.418. The Morgan fingerprint density at radius 2 is 2.18 bits per heavy atom. The molecule has 28 heavy (non-hydrogen) atoms. The summed E-state index contributed by atoms with van der Waals surface area (Å²) in [6.07, 6.45) is 0. The first-order chi connectivity index (χ1) is 13.3. The van der Waals surface area contributed by atoms with Gasteiger partial charge in [0.1, 0.15) is 10.9 Å². The summed E-state index contributed by atoms with van der Waals surface area (Å²) in [7, 11) is 0. The van der Waals surface area contributed by atoms with Crippen molar-refractivity contribution in [1.82, 2.24) is 0 Å². The Labute approximate surface area is 165 Å². The van der Waals surface area contributed by atoms with Crippen LogP contribution in [0.4, 0.5) is 5.69 Å². The summed E-state index contributed by atoms with van der Waals surface area (Å²) in [4.78, 5) is 38.7. The van der Waals surface area contributed by atoms with E-state index in [4.69, 9.17) is 10.5 Å². The third kappa shape index (κ3) is 4.55. The van der Waals surface area contributed by atoms with E-state index >= 15 is 0 Å². The zero-order valence-electron chi connectivity index (χ0n) is 15.2. The molecule has 0 aromatic heterocycles. The number of hydrogen-bond acceptors (Lipinski definition) is 8. The molecule has 0 saturated heterocycles. The zero-order valence-corrected chi connectivity index (χ0v) is 16.1. The third-order valence-corrected chi connectivity index (χ3v) is 5.07. The van der Waals surface area contributed by atoms with E-state index in [0.717, 1.165) is 11.8 Å². The van der Waals surface area contributed by atoms with Gasteiger partial charge in [-0.2, -0.15) is 5.26 Å². The van der Waals surface area contributed by atoms with Gasteiger partial charge in [-0.15, -0.1) is 0 Å². The molecule has 0 fully saturated rings. The summed E-state index contributed by atoms with van der Waals surface area (Å²) in [5.74, 6) is -2.98. The van der Waals surface area contributed by atoms with Crippen molar-refractivity contribution in [3.8, 4) is 6.07 Å². The first-order valence-corrected chi connectivity index (χ1v) is 9.30. The Balaban J connectivity index is 2.64. The van der Waals surface area contributed by atoms with Crippen molar-refractivity contribution in [2.24, 2.45) is 16.6 Å². The fourth-order valence-corrected chi connectivity index (χ4v) is 3.74. The number of hydrogen-bond donors (Lipinski definition) is 1. The van der Waals surface area contributed by atoms with E-state index in [2.05, 4.69) is 4.99 Å². The van der Waals surface area contributed by atoms with Crippen molar-refractivity contribution in [2.75, 3.05) is 12.4 Å². The largest absolute Gasteiger partial charge is 0.465 e. The molecule has 1 aliphatic heterocycles. The number of thioether (sulfide) groups is 1. The van der Waals surface area contributed by atoms with Gasteiger partial charge in [0.25, 0.3) is 5.69 Å². The molecule has 0 aliphatic carbocycles. The number of esters is 1. The van der Waals surface area contributed by atoms with E-state index in [1.807, 2.05) is 6.07 Å². The van der Waals surface area contributed by atoms with Crippen LogP contribution in [0, 0.1) is 27.4 Å². The van der Waals surface area contributed by atoms with Crippen molar-refractivity contribution in [3.63, 3.8) is 0 Å². The molecule has 1 unspecified atom stereocenters. The number of nitrogens with two attached hydrogens (primary N) is 1. The lowest BCUT2D eigenvalue weighted by atomic mass is 9.77. The van der Waals surface area contributed by atoms with Crippen LogP contribution in [0.5, 0.6) is 0 Å². The van der Waals surface area contributed by atoms with Gasteiger partial charge in [-0.3, -0.25) is 19.7 Å². The number of carbonyl (C=O) groups excluding carboxylic acids is 2. The summed E-state index contributed by atoms with van der Waals surface area (Å²) in [5.41, 5.74) is 5.96. The summed E-state index contributed by atoms with van der Waals surface area (Å²) >= 11 is 0.987. The minimum Gasteiger partial charge on any atom is -0.465 e. The van der Waals surface area contributed by atoms with Crippen LogP contribution in [0.25, 0.3) is 0 Å². The molecule has 0 saturated carbocycles. The molecule has 1 aliphatic rings. The highest BCUT2D eigenvalue weighted by Crippen LogP contribution is 2.42. The number of non-ortho nitro benzene ring substituents is 1. The standard InChI is InChI=1S/C18H18N4O5S/c1-3-27-18(24)15-10(2)21-17(28-9-14(20)23)13(8-19)16(15)11-5-4-6-12(7-11)22(25)26/h4-7,15-16H,3,9H2,1-2H3,(H2,20,23)/t15?,16-/m1/s1. The highest BCUT2D eigenvalue weighted by molar-refractivity contribution is 8.03. The Kier molecular flexibility index (Phi) is 6.89. The number of benzene rings is 1. The van der Waals surface area contributed by atoms with Crippen LogP contribution < -0.4 is 5.73 Å². The van der Waals surface area contributed by atoms with Crippen LogP contribution >= 0.6 is 11.8 Å². The maximum atomic E-state index is 12.6. The third-order valence-electron chi connectivity index (χ3n) is 4.06. The van der Waals surface area contributed by atoms with Crippen LogP contribution in [0.15, 0.2) is 39.9 Å². The number of nitriles is 1. The highest BCUT2D eigenvalue weighted by Gasteiger charge is 2.40. The second-order valence-corrected chi connectivity index (χ2v) is 6.86. The normalized spacial score (nSPS) is 18.8. The van der Waals surface area contributed by atoms with Crippen molar-refractivity contribution in [3.05, 3.63) is 50.5 Å². The second-order valence-electron chi connectivity index (χ2n) is 5.90. The number of carbonyl (C=O) groups is 2. The minimum atomic E-state index is -0.908. The molecular formula is C18H18N4O5S. The number of rotatable bonds is 7. The molecule has 0 spiro atoms. The van der Waals surface area contributed by atoms with Gasteiger partial charge in [0.15, 0.2) is 0 Å². The number of aliphatic imine (C=N–C) groups is 1. The molecule has 1 aromatic rings. The second kappa shape index (κ2) is 9.14. The molecule has 0 bridgehead atoms. The van der Waals surface area contributed by atoms with Crippen LogP contribution in [0.3, 0.4) is 0 Å². The van der Waals surface area contributed by atoms with Crippen molar-refractivity contribution in [1.29, 1.82) is 5.26 Å². The maximum absolute atomic E-state index is 12.6. The van der Waals surface area contributed by atoms with Gasteiger partial charge in [-0.25, -0.2) is 4.99 Å². The maximum Gasteiger partial charge on any atom is 0.315 e. The van der Waals surface area contributed by atoms with Gasteiger partial charge in [0.2, 0.25) is 5.91 Å². The Morgan fingerprint density at radius 3 is 2.75 bits per heavy atom. The Bertz CT molecular complexity index is 919. The van der Waals surface area contributed by atoms with Gasteiger partial charge < -0.3 is 10.5 Å². The Morgan fingerprint density at radius 1 is 1.46 bits per heavy atom. The number of primary amides is 1. The predicted molar refractivity (Wildman–Crippen MR) is 103 cm³/mol. The summed E-state index contributed by atoms with van der Waals surface area (Å²) in [5, 5.41) is 21.2. The van der Waals surface area contributed by atoms with Gasteiger partial charge in [0, 0.05) is 23.8 Å². The monoisotopic (exact) mass is 402 g/mol. The van der Waals surface area contributed by atoms with Gasteiger partial charge in [0.05, 0.1) is 28.9 Å². The number of ether oxygens (including phenoxy) is 1. The van der Waals surface area contributed by atoms with E-state index in [-0.39, 0.29) is 28.6 Å². The summed E-state index contributed by atoms with van der Waals surface area (Å²) < 4.78 is 5.14. The number of nitro groups is 1. The number of nitro benzene ring substituents is 1. The van der Waals surface area contributed by atoms with Crippen LogP contribution in [0.1, 0.15) is 25.3 Å². The molecule has 0 radical (unpaired) electrons. The molecule has 1 amide bonds. The zero-order chi connectivity index (χ0) is 20.8. The average Bonchev–Trinajstić information content (AvgIpc) is 2.65. The first-order valence-electron chi connectivity index (χ1n) is 8.31. The van der Waals surface area contributed by atoms with E-state index in [9.17, 15) is 25.0 Å². The number of allylic oxidation sites excluding steroid dienone is 1. The van der Waals surface area contributed by atoms with E-state index < -0.39 is 28.6 Å². The fraction of sp³-hybridized carbons (Fsp3) is 0.333. The molecule has 2 N–H and O–H groups in total. The SMILES string of the molecule is CCOC(=O)C1C(C)=NC(SCC(N)=O)=C(C#N)[C@H]1c1cccc([N+](=O)[O-])c1. The molecule has 2 rings (SSSR count). The fourth-order valence-electron chi connectivity index (χ4n) is 2.93. The smallest absolute Gasteiger partial charge is 0.315 e. The average molecular weight is 402 g/mol. The number of nitrogens with zero attached hydrogens (tertiary/aromatic N) is 3. The molecular weight excluding hydrogens is 384 g/mol. The summed E-state index contributed by atoms with van der Waals surface area (Å²) in [6, 6.07) is 7.79. The highest BCUT2D eigenvalue weighted by atomic mass is 32.2. The molecule has 1 heterocycles. The number of amides is 1. The van der Waals surface area contributed by atoms with Crippen molar-refractivity contribution >= 4 is 35.0 Å². The minimum absolute atomic E-state index is 0.0942. The van der Waals surface area contributed by atoms with Crippen LogP contribution in [-0.2, 0) is 14.3 Å². The summed E-state index contributed by atoms with van der Waals surface area (Å²) in [6.45, 7) is 3.41. The van der Waals surface area contributed by atoms with E-state index in [1.54, 1.807) is 19.9 Å².